The van der Waals surface area contributed by atoms with Gasteiger partial charge in [-0.2, -0.15) is 0 Å². The van der Waals surface area contributed by atoms with Gasteiger partial charge in [-0.1, -0.05) is 55.5 Å². The summed E-state index contributed by atoms with van der Waals surface area (Å²) in [6, 6.07) is 8.49. The Hall–Kier alpha value is -2.28. The van der Waals surface area contributed by atoms with E-state index in [1.165, 1.54) is 7.11 Å². The van der Waals surface area contributed by atoms with Gasteiger partial charge in [0.05, 0.1) is 25.9 Å². The fourth-order valence-corrected chi connectivity index (χ4v) is 5.11. The highest BCUT2D eigenvalue weighted by molar-refractivity contribution is 5.69. The van der Waals surface area contributed by atoms with Gasteiger partial charge in [-0.05, 0) is 74.8 Å². The second kappa shape index (κ2) is 15.2. The molecule has 3 rings (SSSR count). The van der Waals surface area contributed by atoms with Crippen molar-refractivity contribution in [1.29, 1.82) is 0 Å². The van der Waals surface area contributed by atoms with E-state index in [-0.39, 0.29) is 24.6 Å². The number of methoxy groups -OCH3 is 1. The van der Waals surface area contributed by atoms with Crippen LogP contribution >= 0.6 is 0 Å². The van der Waals surface area contributed by atoms with Crippen LogP contribution in [0.1, 0.15) is 76.0 Å². The van der Waals surface area contributed by atoms with Gasteiger partial charge in [-0.3, -0.25) is 9.69 Å². The van der Waals surface area contributed by atoms with Crippen molar-refractivity contribution in [3.63, 3.8) is 0 Å². The highest BCUT2D eigenvalue weighted by atomic mass is 19.1. The second-order valence-electron chi connectivity index (χ2n) is 10.4. The summed E-state index contributed by atoms with van der Waals surface area (Å²) >= 11 is 0. The molecule has 1 aromatic carbocycles. The summed E-state index contributed by atoms with van der Waals surface area (Å²) in [5, 5.41) is 10.8. The molecule has 1 N–H and O–H groups in total. The zero-order chi connectivity index (χ0) is 26.6. The molecule has 5 nitrogen and oxygen atoms in total. The van der Waals surface area contributed by atoms with Crippen molar-refractivity contribution < 1.29 is 23.8 Å². The first-order valence-corrected chi connectivity index (χ1v) is 13.8. The largest absolute Gasteiger partial charge is 0.469 e. The molecule has 2 unspecified atom stereocenters. The van der Waals surface area contributed by atoms with Gasteiger partial charge in [0.2, 0.25) is 0 Å². The van der Waals surface area contributed by atoms with E-state index in [9.17, 15) is 14.3 Å². The van der Waals surface area contributed by atoms with Crippen molar-refractivity contribution in [2.75, 3.05) is 26.8 Å². The number of aliphatic hydroxyl groups is 1. The average Bonchev–Trinajstić information content (AvgIpc) is 3.32. The molecule has 0 amide bonds. The highest BCUT2D eigenvalue weighted by Crippen LogP contribution is 2.28. The van der Waals surface area contributed by atoms with Crippen LogP contribution in [0.2, 0.25) is 0 Å². The Morgan fingerprint density at radius 1 is 1.30 bits per heavy atom. The Balaban J connectivity index is 1.44. The molecule has 0 radical (unpaired) electrons. The monoisotopic (exact) mass is 513 g/mol. The van der Waals surface area contributed by atoms with Crippen molar-refractivity contribution in [3.05, 3.63) is 65.3 Å². The average molecular weight is 514 g/mol. The van der Waals surface area contributed by atoms with Crippen LogP contribution < -0.4 is 0 Å². The van der Waals surface area contributed by atoms with Crippen LogP contribution in [0.25, 0.3) is 6.08 Å². The molecule has 37 heavy (non-hydrogen) atoms. The third-order valence-corrected chi connectivity index (χ3v) is 7.40. The molecular formula is C31H44FNO4. The maximum absolute atomic E-state index is 14.1. The predicted octanol–water partition coefficient (Wildman–Crippen LogP) is 6.20. The maximum atomic E-state index is 14.1. The lowest BCUT2D eigenvalue weighted by molar-refractivity contribution is -0.140. The lowest BCUT2D eigenvalue weighted by atomic mass is 9.92. The number of hydrogen-bond donors (Lipinski definition) is 1. The van der Waals surface area contributed by atoms with Gasteiger partial charge in [-0.25, -0.2) is 4.39 Å². The number of β-amino-alcohol motifs (C(OH)–C–C–N with tert-alkyl or cyclic N) is 1. The number of carbonyl (C=O) groups is 1. The number of esters is 1. The molecule has 1 heterocycles. The van der Waals surface area contributed by atoms with Crippen molar-refractivity contribution >= 4 is 12.0 Å². The summed E-state index contributed by atoms with van der Waals surface area (Å²) in [4.78, 5) is 13.5. The topological polar surface area (TPSA) is 59.0 Å². The Bertz CT molecular complexity index is 943. The molecule has 6 heteroatoms. The summed E-state index contributed by atoms with van der Waals surface area (Å²) in [6.45, 7) is 5.71. The third kappa shape index (κ3) is 9.51. The third-order valence-electron chi connectivity index (χ3n) is 7.40. The molecular weight excluding hydrogens is 469 g/mol. The van der Waals surface area contributed by atoms with Gasteiger partial charge in [-0.15, -0.1) is 0 Å². The number of aliphatic hydroxyl groups excluding tert-OH is 1. The summed E-state index contributed by atoms with van der Waals surface area (Å²) in [6.07, 6.45) is 14.5. The lowest BCUT2D eigenvalue weighted by Gasteiger charge is -2.28. The molecule has 1 aliphatic carbocycles. The number of hydrogen-bond acceptors (Lipinski definition) is 5. The molecule has 1 fully saturated rings. The smallest absolute Gasteiger partial charge is 0.305 e. The van der Waals surface area contributed by atoms with Gasteiger partial charge in [0.25, 0.3) is 0 Å². The minimum absolute atomic E-state index is 0.0527. The molecule has 1 aliphatic heterocycles. The molecule has 2 aliphatic rings. The van der Waals surface area contributed by atoms with E-state index in [4.69, 9.17) is 4.74 Å². The number of rotatable bonds is 14. The first kappa shape index (κ1) is 29.3. The van der Waals surface area contributed by atoms with Crippen LogP contribution in [0.3, 0.4) is 0 Å². The van der Waals surface area contributed by atoms with Crippen LogP contribution in [-0.4, -0.2) is 61.1 Å². The first-order chi connectivity index (χ1) is 17.9. The Morgan fingerprint density at radius 2 is 2.11 bits per heavy atom. The van der Waals surface area contributed by atoms with Gasteiger partial charge in [0.1, 0.15) is 6.17 Å². The van der Waals surface area contributed by atoms with E-state index in [2.05, 4.69) is 40.0 Å². The maximum Gasteiger partial charge on any atom is 0.305 e. The number of nitrogens with zero attached hydrogens (tertiary/aromatic N) is 1. The van der Waals surface area contributed by atoms with E-state index in [1.54, 1.807) is 6.08 Å². The summed E-state index contributed by atoms with van der Waals surface area (Å²) in [5.74, 6) is -0.214. The quantitative estimate of drug-likeness (QED) is 0.237. The van der Waals surface area contributed by atoms with Crippen LogP contribution in [-0.2, 0) is 14.3 Å². The number of likely N-dealkylation sites (tertiary alicyclic amines) is 1. The molecule has 0 spiro atoms. The molecule has 0 bridgehead atoms. The number of ether oxygens (including phenoxy) is 2. The summed E-state index contributed by atoms with van der Waals surface area (Å²) in [7, 11) is 1.42. The van der Waals surface area contributed by atoms with Crippen molar-refractivity contribution in [2.24, 2.45) is 5.92 Å². The zero-order valence-corrected chi connectivity index (χ0v) is 22.7. The minimum atomic E-state index is -0.903. The predicted molar refractivity (Wildman–Crippen MR) is 147 cm³/mol. The second-order valence-corrected chi connectivity index (χ2v) is 10.4. The Kier molecular flexibility index (Phi) is 12.0. The van der Waals surface area contributed by atoms with Gasteiger partial charge in [0, 0.05) is 24.9 Å². The van der Waals surface area contributed by atoms with Crippen LogP contribution in [0.4, 0.5) is 4.39 Å². The van der Waals surface area contributed by atoms with E-state index in [0.717, 1.165) is 61.8 Å². The van der Waals surface area contributed by atoms with Crippen LogP contribution in [0, 0.1) is 5.92 Å². The SMILES string of the molecule is COC(=O)CCCC/C=C/c1ccccc1[C@@H](C)OC[C@H](O)CN1CCC[C@H]1CC1=CC(F)C(C)C=C1. The number of carbonyl (C=O) groups excluding carboxylic acids is 1. The molecule has 1 saturated heterocycles. The molecule has 1 aromatic rings. The Morgan fingerprint density at radius 3 is 2.89 bits per heavy atom. The van der Waals surface area contributed by atoms with E-state index in [0.29, 0.717) is 19.0 Å². The number of allylic oxidation sites excluding steroid dienone is 4. The van der Waals surface area contributed by atoms with Gasteiger partial charge in [0.15, 0.2) is 0 Å². The van der Waals surface area contributed by atoms with E-state index in [1.807, 2.05) is 32.1 Å². The Labute approximate surface area is 222 Å². The highest BCUT2D eigenvalue weighted by Gasteiger charge is 2.28. The van der Waals surface area contributed by atoms with Crippen LogP contribution in [0.5, 0.6) is 0 Å². The zero-order valence-electron chi connectivity index (χ0n) is 22.7. The number of unbranched alkanes of at least 4 members (excludes halogenated alkanes) is 2. The van der Waals surface area contributed by atoms with E-state index < -0.39 is 12.3 Å². The number of halogens is 1. The van der Waals surface area contributed by atoms with Gasteiger partial charge >= 0.3 is 5.97 Å². The van der Waals surface area contributed by atoms with Crippen molar-refractivity contribution in [3.8, 4) is 0 Å². The molecule has 0 saturated carbocycles. The van der Waals surface area contributed by atoms with Crippen LogP contribution in [0.15, 0.2) is 54.1 Å². The van der Waals surface area contributed by atoms with Gasteiger partial charge < -0.3 is 14.6 Å². The fraction of sp³-hybridized carbons (Fsp3) is 0.581. The van der Waals surface area contributed by atoms with Crippen molar-refractivity contribution in [2.45, 2.75) is 83.2 Å². The van der Waals surface area contributed by atoms with E-state index >= 15 is 0 Å². The fourth-order valence-electron chi connectivity index (χ4n) is 5.11. The molecule has 5 atom stereocenters. The molecule has 0 aromatic heterocycles. The minimum Gasteiger partial charge on any atom is -0.469 e. The number of alkyl halides is 1. The summed E-state index contributed by atoms with van der Waals surface area (Å²) in [5.41, 5.74) is 3.26. The first-order valence-electron chi connectivity index (χ1n) is 13.8. The normalized spacial score (nSPS) is 23.8. The number of benzene rings is 1. The summed E-state index contributed by atoms with van der Waals surface area (Å²) < 4.78 is 24.9. The molecule has 204 valence electrons. The lowest BCUT2D eigenvalue weighted by Crippen LogP contribution is -2.38. The van der Waals surface area contributed by atoms with Crippen molar-refractivity contribution in [1.82, 2.24) is 4.90 Å². The standard InChI is InChI=1S/C31H44FNO4/c1-23-16-17-25(20-30(23)32)19-27-13-10-18-33(27)21-28(34)22-37-24(2)29-14-9-8-12-26(29)11-6-4-5-7-15-31(35)36-3/h6,8-9,11-12,14,16-17,20,23-24,27-28,30,34H,4-5,7,10,13,15,18-19,21-22H2,1-3H3/b11-6+/t23?,24-,27+,28-,30?/m1/s1.